The molecular weight excluding hydrogens is 168 g/mol. The highest BCUT2D eigenvalue weighted by molar-refractivity contribution is 6.00. The van der Waals surface area contributed by atoms with Crippen molar-refractivity contribution in [3.63, 3.8) is 0 Å². The van der Waals surface area contributed by atoms with Crippen LogP contribution in [0.1, 0.15) is 19.8 Å². The summed E-state index contributed by atoms with van der Waals surface area (Å²) in [5.74, 6) is -0.322. The van der Waals surface area contributed by atoms with Crippen LogP contribution in [0.15, 0.2) is 23.8 Å². The van der Waals surface area contributed by atoms with Crippen LogP contribution in [0.25, 0.3) is 0 Å². The number of ether oxygens (including phenoxy) is 1. The Balaban J connectivity index is 2.49. The summed E-state index contributed by atoms with van der Waals surface area (Å²) >= 11 is 0. The van der Waals surface area contributed by atoms with E-state index < -0.39 is 0 Å². The van der Waals surface area contributed by atoms with Gasteiger partial charge in [-0.1, -0.05) is 13.0 Å². The number of esters is 1. The fourth-order valence-electron chi connectivity index (χ4n) is 0.959. The van der Waals surface area contributed by atoms with Crippen molar-refractivity contribution in [2.45, 2.75) is 19.8 Å². The zero-order chi connectivity index (χ0) is 9.68. The van der Waals surface area contributed by atoms with Gasteiger partial charge in [0.1, 0.15) is 0 Å². The molecule has 0 N–H and O–H groups in total. The first kappa shape index (κ1) is 9.71. The molecule has 0 amide bonds. The number of hydrogen-bond donors (Lipinski definition) is 0. The van der Waals surface area contributed by atoms with E-state index >= 15 is 0 Å². The van der Waals surface area contributed by atoms with Crippen LogP contribution in [0.3, 0.4) is 0 Å². The fraction of sp³-hybridized carbons (Fsp3) is 0.400. The summed E-state index contributed by atoms with van der Waals surface area (Å²) in [6, 6.07) is 0. The van der Waals surface area contributed by atoms with Gasteiger partial charge in [0.15, 0.2) is 5.78 Å². The molecule has 0 bridgehead atoms. The van der Waals surface area contributed by atoms with Gasteiger partial charge in [-0.25, -0.2) is 4.79 Å². The first-order valence-electron chi connectivity index (χ1n) is 4.32. The highest BCUT2D eigenvalue weighted by Crippen LogP contribution is 2.08. The van der Waals surface area contributed by atoms with E-state index in [0.717, 1.165) is 6.42 Å². The molecule has 0 aromatic carbocycles. The molecule has 0 saturated heterocycles. The Labute approximate surface area is 77.1 Å². The molecule has 0 saturated carbocycles. The van der Waals surface area contributed by atoms with Gasteiger partial charge in [-0.3, -0.25) is 4.79 Å². The van der Waals surface area contributed by atoms with Crippen LogP contribution < -0.4 is 0 Å². The van der Waals surface area contributed by atoms with Crippen molar-refractivity contribution in [1.29, 1.82) is 0 Å². The van der Waals surface area contributed by atoms with Crippen molar-refractivity contribution in [2.75, 3.05) is 6.61 Å². The number of allylic oxidation sites excluding steroid dienone is 2. The second kappa shape index (κ2) is 4.60. The molecular formula is C10H12O3. The van der Waals surface area contributed by atoms with Crippen LogP contribution in [0.4, 0.5) is 0 Å². The number of hydrogen-bond acceptors (Lipinski definition) is 3. The van der Waals surface area contributed by atoms with Crippen molar-refractivity contribution in [2.24, 2.45) is 0 Å². The Bertz CT molecular complexity index is 274. The van der Waals surface area contributed by atoms with Crippen LogP contribution in [-0.2, 0) is 14.3 Å². The molecule has 0 atom stereocenters. The van der Waals surface area contributed by atoms with E-state index in [1.165, 1.54) is 12.2 Å². The Morgan fingerprint density at radius 2 is 2.31 bits per heavy atom. The Kier molecular flexibility index (Phi) is 3.43. The molecule has 0 radical (unpaired) electrons. The molecule has 0 aromatic rings. The maximum atomic E-state index is 11.2. The molecule has 0 spiro atoms. The molecule has 1 aliphatic carbocycles. The minimum absolute atomic E-state index is 0.0204. The predicted molar refractivity (Wildman–Crippen MR) is 48.1 cm³/mol. The maximum Gasteiger partial charge on any atom is 0.337 e. The van der Waals surface area contributed by atoms with Gasteiger partial charge in [-0.05, 0) is 18.6 Å². The van der Waals surface area contributed by atoms with E-state index in [0.29, 0.717) is 18.6 Å². The van der Waals surface area contributed by atoms with Gasteiger partial charge < -0.3 is 4.74 Å². The van der Waals surface area contributed by atoms with E-state index in [1.807, 2.05) is 6.92 Å². The highest BCUT2D eigenvalue weighted by Gasteiger charge is 2.11. The molecule has 1 rings (SSSR count). The molecule has 0 heterocycles. The first-order valence-corrected chi connectivity index (χ1v) is 4.32. The molecule has 3 nitrogen and oxygen atoms in total. The van der Waals surface area contributed by atoms with Crippen molar-refractivity contribution in [1.82, 2.24) is 0 Å². The predicted octanol–water partition coefficient (Wildman–Crippen LogP) is 1.40. The highest BCUT2D eigenvalue weighted by atomic mass is 16.5. The SMILES string of the molecule is CCCOC(=O)C1=CCC(=O)C=C1. The monoisotopic (exact) mass is 180 g/mol. The smallest absolute Gasteiger partial charge is 0.337 e. The van der Waals surface area contributed by atoms with Gasteiger partial charge in [0.25, 0.3) is 0 Å². The first-order chi connectivity index (χ1) is 6.24. The third kappa shape index (κ3) is 2.86. The van der Waals surface area contributed by atoms with Gasteiger partial charge in [0.2, 0.25) is 0 Å². The van der Waals surface area contributed by atoms with Gasteiger partial charge in [0, 0.05) is 6.42 Å². The lowest BCUT2D eigenvalue weighted by molar-refractivity contribution is -0.138. The third-order valence-electron chi connectivity index (χ3n) is 1.64. The summed E-state index contributed by atoms with van der Waals surface area (Å²) in [7, 11) is 0. The van der Waals surface area contributed by atoms with E-state index in [4.69, 9.17) is 4.74 Å². The number of carbonyl (C=O) groups is 2. The minimum atomic E-state index is -0.342. The fourth-order valence-corrected chi connectivity index (χ4v) is 0.959. The lowest BCUT2D eigenvalue weighted by atomic mass is 10.1. The molecule has 13 heavy (non-hydrogen) atoms. The number of rotatable bonds is 3. The molecule has 3 heteroatoms. The average molecular weight is 180 g/mol. The third-order valence-corrected chi connectivity index (χ3v) is 1.64. The van der Waals surface area contributed by atoms with Crippen molar-refractivity contribution in [3.05, 3.63) is 23.8 Å². The minimum Gasteiger partial charge on any atom is -0.462 e. The Morgan fingerprint density at radius 3 is 2.85 bits per heavy atom. The second-order valence-corrected chi connectivity index (χ2v) is 2.80. The summed E-state index contributed by atoms with van der Waals surface area (Å²) in [5.41, 5.74) is 0.480. The summed E-state index contributed by atoms with van der Waals surface area (Å²) in [6.07, 6.45) is 5.61. The summed E-state index contributed by atoms with van der Waals surface area (Å²) in [6.45, 7) is 2.36. The maximum absolute atomic E-state index is 11.2. The molecule has 0 fully saturated rings. The van der Waals surface area contributed by atoms with Crippen LogP contribution in [0.2, 0.25) is 0 Å². The van der Waals surface area contributed by atoms with Crippen molar-refractivity contribution in [3.8, 4) is 0 Å². The lowest BCUT2D eigenvalue weighted by Crippen LogP contribution is -2.10. The molecule has 0 aromatic heterocycles. The van der Waals surface area contributed by atoms with Crippen LogP contribution in [0.5, 0.6) is 0 Å². The van der Waals surface area contributed by atoms with E-state index in [2.05, 4.69) is 0 Å². The topological polar surface area (TPSA) is 43.4 Å². The number of carbonyl (C=O) groups excluding carboxylic acids is 2. The van der Waals surface area contributed by atoms with Gasteiger partial charge >= 0.3 is 5.97 Å². The number of ketones is 1. The van der Waals surface area contributed by atoms with Crippen molar-refractivity contribution < 1.29 is 14.3 Å². The quantitative estimate of drug-likeness (QED) is 0.616. The van der Waals surface area contributed by atoms with Crippen LogP contribution >= 0.6 is 0 Å². The van der Waals surface area contributed by atoms with Crippen LogP contribution in [-0.4, -0.2) is 18.4 Å². The zero-order valence-corrected chi connectivity index (χ0v) is 7.58. The molecule has 70 valence electrons. The van der Waals surface area contributed by atoms with Gasteiger partial charge in [-0.2, -0.15) is 0 Å². The van der Waals surface area contributed by atoms with E-state index in [1.54, 1.807) is 6.08 Å². The van der Waals surface area contributed by atoms with Gasteiger partial charge in [-0.15, -0.1) is 0 Å². The summed E-state index contributed by atoms with van der Waals surface area (Å²) in [4.78, 5) is 22.0. The zero-order valence-electron chi connectivity index (χ0n) is 7.58. The molecule has 0 unspecified atom stereocenters. The van der Waals surface area contributed by atoms with Gasteiger partial charge in [0.05, 0.1) is 12.2 Å². The Hall–Kier alpha value is -1.38. The van der Waals surface area contributed by atoms with Crippen molar-refractivity contribution >= 4 is 11.8 Å². The summed E-state index contributed by atoms with van der Waals surface area (Å²) < 4.78 is 4.90. The average Bonchev–Trinajstić information content (AvgIpc) is 2.15. The standard InChI is InChI=1S/C10H12O3/c1-2-7-13-10(12)8-3-5-9(11)6-4-8/h3-5H,2,6-7H2,1H3. The largest absolute Gasteiger partial charge is 0.462 e. The van der Waals surface area contributed by atoms with Crippen LogP contribution in [0, 0.1) is 0 Å². The normalized spacial score (nSPS) is 15.5. The van der Waals surface area contributed by atoms with E-state index in [9.17, 15) is 9.59 Å². The second-order valence-electron chi connectivity index (χ2n) is 2.80. The lowest BCUT2D eigenvalue weighted by Gasteiger charge is -2.05. The molecule has 0 aliphatic heterocycles. The summed E-state index contributed by atoms with van der Waals surface area (Å²) in [5, 5.41) is 0. The van der Waals surface area contributed by atoms with E-state index in [-0.39, 0.29) is 11.8 Å². The Morgan fingerprint density at radius 1 is 1.54 bits per heavy atom. The molecule has 1 aliphatic rings.